The van der Waals surface area contributed by atoms with E-state index in [1.807, 2.05) is 0 Å². The summed E-state index contributed by atoms with van der Waals surface area (Å²) in [7, 11) is 0. The summed E-state index contributed by atoms with van der Waals surface area (Å²) in [6.07, 6.45) is 4.02. The van der Waals surface area contributed by atoms with E-state index in [2.05, 4.69) is 23.7 Å². The molecule has 1 saturated carbocycles. The lowest BCUT2D eigenvalue weighted by Crippen LogP contribution is -2.53. The summed E-state index contributed by atoms with van der Waals surface area (Å²) in [6.45, 7) is 6.83. The first-order valence-corrected chi connectivity index (χ1v) is 6.36. The number of fused-ring (bicyclic) bond motifs is 1. The standard InChI is InChI=1S/C12H23N3O/c1-9(2)8-14-12(13)15-6-7-16-11-5-3-4-10(11)15/h9-11H,3-8H2,1-2H3,(H2,13,14). The minimum Gasteiger partial charge on any atom is -0.374 e. The second-order valence-corrected chi connectivity index (χ2v) is 5.19. The van der Waals surface area contributed by atoms with Gasteiger partial charge in [0, 0.05) is 13.1 Å². The maximum absolute atomic E-state index is 6.07. The number of nitrogens with zero attached hydrogens (tertiary/aromatic N) is 2. The van der Waals surface area contributed by atoms with Crippen LogP contribution in [0.4, 0.5) is 0 Å². The number of aliphatic imine (C=N–C) groups is 1. The van der Waals surface area contributed by atoms with Crippen LogP contribution in [-0.4, -0.2) is 42.7 Å². The van der Waals surface area contributed by atoms with Gasteiger partial charge in [0.1, 0.15) is 0 Å². The Kier molecular flexibility index (Phi) is 3.69. The predicted molar refractivity (Wildman–Crippen MR) is 65.4 cm³/mol. The van der Waals surface area contributed by atoms with Crippen molar-refractivity contribution in [3.05, 3.63) is 0 Å². The SMILES string of the molecule is CC(C)CN=C(N)N1CCOC2CCCC21. The highest BCUT2D eigenvalue weighted by molar-refractivity contribution is 5.78. The first-order valence-electron chi connectivity index (χ1n) is 6.36. The summed E-state index contributed by atoms with van der Waals surface area (Å²) in [5.41, 5.74) is 6.07. The molecule has 2 N–H and O–H groups in total. The van der Waals surface area contributed by atoms with Gasteiger partial charge in [0.05, 0.1) is 18.8 Å². The molecule has 4 nitrogen and oxygen atoms in total. The van der Waals surface area contributed by atoms with Crippen molar-refractivity contribution in [3.8, 4) is 0 Å². The number of ether oxygens (including phenoxy) is 1. The molecule has 1 saturated heterocycles. The van der Waals surface area contributed by atoms with Gasteiger partial charge in [-0.05, 0) is 25.2 Å². The lowest BCUT2D eigenvalue weighted by molar-refractivity contribution is -0.0298. The van der Waals surface area contributed by atoms with E-state index in [1.165, 1.54) is 19.3 Å². The fraction of sp³-hybridized carbons (Fsp3) is 0.917. The fourth-order valence-electron chi connectivity index (χ4n) is 2.58. The van der Waals surface area contributed by atoms with Gasteiger partial charge in [-0.25, -0.2) is 0 Å². The Morgan fingerprint density at radius 3 is 3.06 bits per heavy atom. The third-order valence-electron chi connectivity index (χ3n) is 3.39. The average Bonchev–Trinajstić information content (AvgIpc) is 2.73. The largest absolute Gasteiger partial charge is 0.374 e. The highest BCUT2D eigenvalue weighted by atomic mass is 16.5. The van der Waals surface area contributed by atoms with E-state index in [0.29, 0.717) is 24.0 Å². The maximum Gasteiger partial charge on any atom is 0.191 e. The fourth-order valence-corrected chi connectivity index (χ4v) is 2.58. The van der Waals surface area contributed by atoms with Gasteiger partial charge in [-0.1, -0.05) is 13.8 Å². The van der Waals surface area contributed by atoms with Crippen LogP contribution in [-0.2, 0) is 4.74 Å². The van der Waals surface area contributed by atoms with E-state index in [9.17, 15) is 0 Å². The molecule has 92 valence electrons. The molecule has 0 radical (unpaired) electrons. The molecule has 0 aromatic carbocycles. The molecule has 0 bridgehead atoms. The van der Waals surface area contributed by atoms with E-state index in [4.69, 9.17) is 10.5 Å². The number of morpholine rings is 1. The third kappa shape index (κ3) is 2.48. The minimum absolute atomic E-state index is 0.390. The molecule has 2 aliphatic rings. The molecule has 1 heterocycles. The molecule has 1 aliphatic carbocycles. The molecule has 0 aromatic rings. The summed E-state index contributed by atoms with van der Waals surface area (Å²) in [4.78, 5) is 6.73. The second-order valence-electron chi connectivity index (χ2n) is 5.19. The van der Waals surface area contributed by atoms with Gasteiger partial charge < -0.3 is 15.4 Å². The molecule has 0 spiro atoms. The molecule has 4 heteroatoms. The summed E-state index contributed by atoms with van der Waals surface area (Å²) >= 11 is 0. The lowest BCUT2D eigenvalue weighted by atomic mass is 10.1. The third-order valence-corrected chi connectivity index (χ3v) is 3.39. The van der Waals surface area contributed by atoms with Crippen molar-refractivity contribution >= 4 is 5.96 Å². The maximum atomic E-state index is 6.07. The Hall–Kier alpha value is -0.770. The van der Waals surface area contributed by atoms with Gasteiger partial charge in [0.2, 0.25) is 0 Å². The van der Waals surface area contributed by atoms with Crippen LogP contribution >= 0.6 is 0 Å². The highest BCUT2D eigenvalue weighted by Crippen LogP contribution is 2.29. The number of rotatable bonds is 2. The monoisotopic (exact) mass is 225 g/mol. The number of hydrogen-bond donors (Lipinski definition) is 1. The molecule has 0 aromatic heterocycles. The van der Waals surface area contributed by atoms with Crippen LogP contribution in [0, 0.1) is 5.92 Å². The van der Waals surface area contributed by atoms with Crippen molar-refractivity contribution in [1.82, 2.24) is 4.90 Å². The van der Waals surface area contributed by atoms with Crippen LogP contribution in [0.1, 0.15) is 33.1 Å². The summed E-state index contributed by atoms with van der Waals surface area (Å²) < 4.78 is 5.76. The summed E-state index contributed by atoms with van der Waals surface area (Å²) in [6, 6.07) is 0.477. The van der Waals surface area contributed by atoms with Gasteiger partial charge >= 0.3 is 0 Å². The molecule has 2 rings (SSSR count). The predicted octanol–water partition coefficient (Wildman–Crippen LogP) is 1.21. The van der Waals surface area contributed by atoms with Crippen molar-refractivity contribution in [2.45, 2.75) is 45.3 Å². The van der Waals surface area contributed by atoms with Crippen molar-refractivity contribution in [3.63, 3.8) is 0 Å². The Labute approximate surface area is 97.9 Å². The average molecular weight is 225 g/mol. The topological polar surface area (TPSA) is 50.8 Å². The van der Waals surface area contributed by atoms with Crippen LogP contribution < -0.4 is 5.73 Å². The number of nitrogens with two attached hydrogens (primary N) is 1. The first kappa shape index (κ1) is 11.7. The molecular weight excluding hydrogens is 202 g/mol. The molecule has 2 atom stereocenters. The van der Waals surface area contributed by atoms with E-state index >= 15 is 0 Å². The molecule has 2 unspecified atom stereocenters. The second kappa shape index (κ2) is 5.04. The minimum atomic E-state index is 0.390. The Bertz CT molecular complexity index is 265. The zero-order chi connectivity index (χ0) is 11.5. The van der Waals surface area contributed by atoms with Crippen molar-refractivity contribution in [1.29, 1.82) is 0 Å². The summed E-state index contributed by atoms with van der Waals surface area (Å²) in [5.74, 6) is 1.29. The van der Waals surface area contributed by atoms with Gasteiger partial charge in [-0.15, -0.1) is 0 Å². The van der Waals surface area contributed by atoms with Crippen molar-refractivity contribution < 1.29 is 4.74 Å². The van der Waals surface area contributed by atoms with Crippen LogP contribution in [0.25, 0.3) is 0 Å². The molecular formula is C12H23N3O. The lowest BCUT2D eigenvalue weighted by Gasteiger charge is -2.38. The first-order chi connectivity index (χ1) is 7.68. The van der Waals surface area contributed by atoms with Gasteiger partial charge in [-0.2, -0.15) is 0 Å². The van der Waals surface area contributed by atoms with Gasteiger partial charge in [0.15, 0.2) is 5.96 Å². The van der Waals surface area contributed by atoms with Gasteiger partial charge in [0.25, 0.3) is 0 Å². The normalized spacial score (nSPS) is 30.9. The van der Waals surface area contributed by atoms with Crippen molar-refractivity contribution in [2.75, 3.05) is 19.7 Å². The van der Waals surface area contributed by atoms with Crippen LogP contribution in [0.15, 0.2) is 4.99 Å². The number of hydrogen-bond acceptors (Lipinski definition) is 2. The molecule has 2 fully saturated rings. The van der Waals surface area contributed by atoms with E-state index < -0.39 is 0 Å². The molecule has 0 amide bonds. The van der Waals surface area contributed by atoms with Gasteiger partial charge in [-0.3, -0.25) is 4.99 Å². The van der Waals surface area contributed by atoms with Crippen LogP contribution in [0.2, 0.25) is 0 Å². The summed E-state index contributed by atoms with van der Waals surface area (Å²) in [5, 5.41) is 0. The number of guanidine groups is 1. The van der Waals surface area contributed by atoms with Crippen molar-refractivity contribution in [2.24, 2.45) is 16.6 Å². The Balaban J connectivity index is 1.99. The molecule has 1 aliphatic heterocycles. The Morgan fingerprint density at radius 2 is 2.31 bits per heavy atom. The Morgan fingerprint density at radius 1 is 1.50 bits per heavy atom. The van der Waals surface area contributed by atoms with E-state index in [-0.39, 0.29) is 0 Å². The molecule has 16 heavy (non-hydrogen) atoms. The van der Waals surface area contributed by atoms with Crippen LogP contribution in [0.3, 0.4) is 0 Å². The quantitative estimate of drug-likeness (QED) is 0.567. The zero-order valence-electron chi connectivity index (χ0n) is 10.4. The highest BCUT2D eigenvalue weighted by Gasteiger charge is 2.36. The van der Waals surface area contributed by atoms with Crippen LogP contribution in [0.5, 0.6) is 0 Å². The smallest absolute Gasteiger partial charge is 0.191 e. The van der Waals surface area contributed by atoms with E-state index in [0.717, 1.165) is 19.7 Å². The van der Waals surface area contributed by atoms with E-state index in [1.54, 1.807) is 0 Å². The zero-order valence-corrected chi connectivity index (χ0v) is 10.4.